The maximum Gasteiger partial charge on any atom is 0.188 e. The smallest absolute Gasteiger partial charge is 0.188 e. The molecule has 0 aliphatic carbocycles. The molecule has 1 aromatic carbocycles. The zero-order valence-corrected chi connectivity index (χ0v) is 16.0. The minimum absolute atomic E-state index is 0. The second-order valence-corrected chi connectivity index (χ2v) is 5.51. The van der Waals surface area contributed by atoms with E-state index in [9.17, 15) is 4.39 Å². The molecule has 0 radical (unpaired) electrons. The van der Waals surface area contributed by atoms with Crippen molar-refractivity contribution in [2.24, 2.45) is 10.7 Å². The molecule has 1 atom stereocenters. The fourth-order valence-electron chi connectivity index (χ4n) is 2.83. The zero-order chi connectivity index (χ0) is 15.9. The molecule has 130 valence electrons. The summed E-state index contributed by atoms with van der Waals surface area (Å²) in [6.45, 7) is 5.52. The normalized spacial score (nSPS) is 18.6. The van der Waals surface area contributed by atoms with E-state index >= 15 is 0 Å². The Labute approximate surface area is 154 Å². The van der Waals surface area contributed by atoms with Crippen LogP contribution in [0.1, 0.15) is 25.3 Å². The first kappa shape index (κ1) is 20.0. The Balaban J connectivity index is 0.00000264. The number of hydrogen-bond donors (Lipinski definition) is 2. The van der Waals surface area contributed by atoms with Crippen molar-refractivity contribution >= 4 is 29.9 Å². The largest absolute Gasteiger partial charge is 0.497 e. The molecule has 1 unspecified atom stereocenters. The molecule has 1 fully saturated rings. The Hall–Kier alpha value is -1.09. The van der Waals surface area contributed by atoms with E-state index in [1.54, 1.807) is 6.07 Å². The lowest BCUT2D eigenvalue weighted by atomic mass is 10.2. The van der Waals surface area contributed by atoms with Crippen LogP contribution in [0, 0.1) is 5.82 Å². The molecule has 1 heterocycles. The SMILES string of the molecule is CCN1CCCC1CNC(N)=NCc1cc(F)cc(OC)c1.I. The number of hydrogen-bond acceptors (Lipinski definition) is 3. The number of likely N-dealkylation sites (N-methyl/N-ethyl adjacent to an activating group) is 1. The Morgan fingerprint density at radius 3 is 2.96 bits per heavy atom. The van der Waals surface area contributed by atoms with Crippen molar-refractivity contribution in [3.05, 3.63) is 29.6 Å². The summed E-state index contributed by atoms with van der Waals surface area (Å²) in [7, 11) is 1.51. The lowest BCUT2D eigenvalue weighted by Crippen LogP contribution is -2.42. The quantitative estimate of drug-likeness (QED) is 0.409. The minimum atomic E-state index is -0.333. The molecule has 1 aliphatic rings. The van der Waals surface area contributed by atoms with Gasteiger partial charge in [0.1, 0.15) is 11.6 Å². The molecule has 2 rings (SSSR count). The van der Waals surface area contributed by atoms with Crippen LogP contribution in [0.25, 0.3) is 0 Å². The van der Waals surface area contributed by atoms with Crippen LogP contribution in [-0.4, -0.2) is 43.6 Å². The van der Waals surface area contributed by atoms with Gasteiger partial charge in [0.25, 0.3) is 0 Å². The van der Waals surface area contributed by atoms with Crippen LogP contribution >= 0.6 is 24.0 Å². The molecule has 0 amide bonds. The Morgan fingerprint density at radius 2 is 2.26 bits per heavy atom. The van der Waals surface area contributed by atoms with Gasteiger partial charge in [-0.05, 0) is 43.6 Å². The maximum absolute atomic E-state index is 13.4. The third-order valence-corrected chi connectivity index (χ3v) is 4.02. The van der Waals surface area contributed by atoms with Crippen molar-refractivity contribution in [2.75, 3.05) is 26.7 Å². The number of nitrogens with two attached hydrogens (primary N) is 1. The summed E-state index contributed by atoms with van der Waals surface area (Å²) in [5.41, 5.74) is 6.62. The summed E-state index contributed by atoms with van der Waals surface area (Å²) >= 11 is 0. The predicted octanol–water partition coefficient (Wildman–Crippen LogP) is 2.34. The first-order chi connectivity index (χ1) is 10.6. The van der Waals surface area contributed by atoms with Gasteiger partial charge in [-0.2, -0.15) is 0 Å². The van der Waals surface area contributed by atoms with Crippen molar-refractivity contribution in [3.8, 4) is 5.75 Å². The van der Waals surface area contributed by atoms with Crippen molar-refractivity contribution < 1.29 is 9.13 Å². The Morgan fingerprint density at radius 1 is 1.48 bits per heavy atom. The van der Waals surface area contributed by atoms with Crippen LogP contribution in [0.4, 0.5) is 4.39 Å². The fraction of sp³-hybridized carbons (Fsp3) is 0.562. The van der Waals surface area contributed by atoms with Gasteiger partial charge in [-0.15, -0.1) is 24.0 Å². The highest BCUT2D eigenvalue weighted by atomic mass is 127. The van der Waals surface area contributed by atoms with E-state index in [0.29, 0.717) is 24.3 Å². The lowest BCUT2D eigenvalue weighted by molar-refractivity contribution is 0.267. The van der Waals surface area contributed by atoms with Gasteiger partial charge in [0.2, 0.25) is 0 Å². The Kier molecular flexibility index (Phi) is 8.60. The second-order valence-electron chi connectivity index (χ2n) is 5.51. The van der Waals surface area contributed by atoms with Crippen LogP contribution in [0.5, 0.6) is 5.75 Å². The number of aliphatic imine (C=N–C) groups is 1. The molecular weight excluding hydrogens is 410 g/mol. The summed E-state index contributed by atoms with van der Waals surface area (Å²) in [6, 6.07) is 5.06. The molecule has 5 nitrogen and oxygen atoms in total. The Bertz CT molecular complexity index is 527. The predicted molar refractivity (Wildman–Crippen MR) is 102 cm³/mol. The summed E-state index contributed by atoms with van der Waals surface area (Å²) < 4.78 is 18.4. The van der Waals surface area contributed by atoms with Crippen LogP contribution in [0.3, 0.4) is 0 Å². The fourth-order valence-corrected chi connectivity index (χ4v) is 2.83. The summed E-state index contributed by atoms with van der Waals surface area (Å²) in [6.07, 6.45) is 2.43. The number of nitrogens with one attached hydrogen (secondary N) is 1. The number of ether oxygens (including phenoxy) is 1. The molecule has 1 aliphatic heterocycles. The van der Waals surface area contributed by atoms with E-state index in [1.807, 2.05) is 0 Å². The third kappa shape index (κ3) is 6.14. The summed E-state index contributed by atoms with van der Waals surface area (Å²) in [5.74, 6) is 0.549. The van der Waals surface area contributed by atoms with Crippen molar-refractivity contribution in [1.82, 2.24) is 10.2 Å². The molecule has 23 heavy (non-hydrogen) atoms. The monoisotopic (exact) mass is 436 g/mol. The molecule has 0 aromatic heterocycles. The highest BCUT2D eigenvalue weighted by Gasteiger charge is 2.22. The second kappa shape index (κ2) is 9.92. The average molecular weight is 436 g/mol. The van der Waals surface area contributed by atoms with Gasteiger partial charge in [-0.3, -0.25) is 4.90 Å². The van der Waals surface area contributed by atoms with Gasteiger partial charge in [0.05, 0.1) is 13.7 Å². The van der Waals surface area contributed by atoms with Crippen LogP contribution in [0.2, 0.25) is 0 Å². The van der Waals surface area contributed by atoms with Gasteiger partial charge in [0, 0.05) is 18.7 Å². The minimum Gasteiger partial charge on any atom is -0.497 e. The van der Waals surface area contributed by atoms with Crippen LogP contribution in [0.15, 0.2) is 23.2 Å². The standard InChI is InChI=1S/C16H25FN4O.HI/c1-3-21-6-4-5-14(21)11-20-16(18)19-10-12-7-13(17)9-15(8-12)22-2;/h7-9,14H,3-6,10-11H2,1-2H3,(H3,18,19,20);1H. The van der Waals surface area contributed by atoms with E-state index < -0.39 is 0 Å². The van der Waals surface area contributed by atoms with Crippen molar-refractivity contribution in [2.45, 2.75) is 32.4 Å². The third-order valence-electron chi connectivity index (χ3n) is 4.02. The lowest BCUT2D eigenvalue weighted by Gasteiger charge is -2.23. The molecule has 0 saturated carbocycles. The summed E-state index contributed by atoms with van der Waals surface area (Å²) in [4.78, 5) is 6.71. The molecule has 1 saturated heterocycles. The molecule has 3 N–H and O–H groups in total. The van der Waals surface area contributed by atoms with Crippen LogP contribution in [-0.2, 0) is 6.54 Å². The maximum atomic E-state index is 13.4. The van der Waals surface area contributed by atoms with Gasteiger partial charge in [-0.25, -0.2) is 9.38 Å². The highest BCUT2D eigenvalue weighted by molar-refractivity contribution is 14.0. The molecule has 0 spiro atoms. The highest BCUT2D eigenvalue weighted by Crippen LogP contribution is 2.17. The van der Waals surface area contributed by atoms with Gasteiger partial charge < -0.3 is 15.8 Å². The number of likely N-dealkylation sites (tertiary alicyclic amines) is 1. The van der Waals surface area contributed by atoms with E-state index in [0.717, 1.165) is 25.2 Å². The summed E-state index contributed by atoms with van der Waals surface area (Å²) in [5, 5.41) is 3.16. The van der Waals surface area contributed by atoms with Crippen LogP contribution < -0.4 is 15.8 Å². The zero-order valence-electron chi connectivity index (χ0n) is 13.7. The average Bonchev–Trinajstić information content (AvgIpc) is 2.97. The van der Waals surface area contributed by atoms with Gasteiger partial charge in [0.15, 0.2) is 5.96 Å². The first-order valence-electron chi connectivity index (χ1n) is 7.73. The molecule has 0 bridgehead atoms. The van der Waals surface area contributed by atoms with Crippen molar-refractivity contribution in [1.29, 1.82) is 0 Å². The molecule has 1 aromatic rings. The van der Waals surface area contributed by atoms with Crippen molar-refractivity contribution in [3.63, 3.8) is 0 Å². The number of halogens is 2. The number of guanidine groups is 1. The van der Waals surface area contributed by atoms with E-state index in [1.165, 1.54) is 32.1 Å². The number of benzene rings is 1. The van der Waals surface area contributed by atoms with E-state index in [-0.39, 0.29) is 29.8 Å². The van der Waals surface area contributed by atoms with Gasteiger partial charge in [-0.1, -0.05) is 6.92 Å². The van der Waals surface area contributed by atoms with E-state index in [4.69, 9.17) is 10.5 Å². The number of rotatable bonds is 6. The number of methoxy groups -OCH3 is 1. The molecule has 7 heteroatoms. The van der Waals surface area contributed by atoms with Gasteiger partial charge >= 0.3 is 0 Å². The molecular formula is C16H26FIN4O. The topological polar surface area (TPSA) is 62.9 Å². The number of nitrogens with zero attached hydrogens (tertiary/aromatic N) is 2. The van der Waals surface area contributed by atoms with E-state index in [2.05, 4.69) is 22.1 Å². The first-order valence-corrected chi connectivity index (χ1v) is 7.73.